The van der Waals surface area contributed by atoms with Crippen molar-refractivity contribution < 1.29 is 0 Å². The fraction of sp³-hybridized carbons (Fsp3) is 0.500. The second-order valence-corrected chi connectivity index (χ2v) is 4.52. The van der Waals surface area contributed by atoms with E-state index in [1.54, 1.807) is 6.33 Å². The maximum atomic E-state index is 4.52. The topological polar surface area (TPSA) is 43.1 Å². The highest BCUT2D eigenvalue weighted by atomic mass is 15.2. The van der Waals surface area contributed by atoms with Gasteiger partial charge in [-0.1, -0.05) is 20.8 Å². The zero-order valence-corrected chi connectivity index (χ0v) is 8.94. The van der Waals surface area contributed by atoms with Crippen molar-refractivity contribution in [1.82, 2.24) is 19.6 Å². The summed E-state index contributed by atoms with van der Waals surface area (Å²) in [6.07, 6.45) is 3.70. The average Bonchev–Trinajstić information content (AvgIpc) is 2.50. The lowest BCUT2D eigenvalue weighted by atomic mass is 9.92. The van der Waals surface area contributed by atoms with Gasteiger partial charge >= 0.3 is 0 Å². The number of hydrogen-bond donors (Lipinski definition) is 0. The van der Waals surface area contributed by atoms with Crippen molar-refractivity contribution in [2.45, 2.75) is 33.1 Å². The average molecular weight is 190 g/mol. The third-order valence-corrected chi connectivity index (χ3v) is 2.21. The molecule has 4 nitrogen and oxygen atoms in total. The highest BCUT2D eigenvalue weighted by Crippen LogP contribution is 2.20. The van der Waals surface area contributed by atoms with Gasteiger partial charge in [0.1, 0.15) is 6.33 Å². The minimum atomic E-state index is 0.0587. The molecule has 0 aromatic carbocycles. The summed E-state index contributed by atoms with van der Waals surface area (Å²) in [5.41, 5.74) is 2.87. The van der Waals surface area contributed by atoms with E-state index in [1.807, 2.05) is 17.5 Å². The largest absolute Gasteiger partial charge is 0.286 e. The molecule has 0 N–H and O–H groups in total. The molecule has 2 rings (SSSR count). The number of aromatic nitrogens is 4. The van der Waals surface area contributed by atoms with Crippen LogP contribution in [0.1, 0.15) is 32.2 Å². The number of aryl methyl sites for hydroxylation is 1. The van der Waals surface area contributed by atoms with Gasteiger partial charge in [-0.25, -0.2) is 0 Å². The van der Waals surface area contributed by atoms with Gasteiger partial charge in [-0.05, 0) is 6.92 Å². The molecule has 0 unspecified atom stereocenters. The zero-order chi connectivity index (χ0) is 10.3. The van der Waals surface area contributed by atoms with Crippen LogP contribution in [0.4, 0.5) is 0 Å². The summed E-state index contributed by atoms with van der Waals surface area (Å²) in [5, 5.41) is 7.85. The monoisotopic (exact) mass is 190 g/mol. The normalized spacial score (nSPS) is 12.3. The fourth-order valence-corrected chi connectivity index (χ4v) is 1.35. The molecule has 2 aromatic heterocycles. The SMILES string of the molecule is Cc1nc(C(C)(C)C)cn2cnnc12. The van der Waals surface area contributed by atoms with E-state index in [4.69, 9.17) is 0 Å². The molecule has 74 valence electrons. The smallest absolute Gasteiger partial charge is 0.182 e. The standard InChI is InChI=1S/C10H14N4/c1-7-9-13-11-6-14(9)5-8(12-7)10(2,3)4/h5-6H,1-4H3. The van der Waals surface area contributed by atoms with E-state index in [0.717, 1.165) is 17.0 Å². The first-order valence-electron chi connectivity index (χ1n) is 4.66. The third-order valence-electron chi connectivity index (χ3n) is 2.21. The van der Waals surface area contributed by atoms with E-state index in [0.29, 0.717) is 0 Å². The van der Waals surface area contributed by atoms with E-state index in [9.17, 15) is 0 Å². The van der Waals surface area contributed by atoms with Crippen molar-refractivity contribution in [3.8, 4) is 0 Å². The molecule has 0 aliphatic heterocycles. The Bertz CT molecular complexity index is 464. The van der Waals surface area contributed by atoms with E-state index in [1.165, 1.54) is 0 Å². The Balaban J connectivity index is 2.70. The molecule has 0 saturated carbocycles. The van der Waals surface area contributed by atoms with Gasteiger partial charge in [-0.2, -0.15) is 0 Å². The Labute approximate surface area is 83.0 Å². The maximum Gasteiger partial charge on any atom is 0.182 e. The third kappa shape index (κ3) is 1.36. The van der Waals surface area contributed by atoms with E-state index in [2.05, 4.69) is 36.0 Å². The Kier molecular flexibility index (Phi) is 1.80. The lowest BCUT2D eigenvalue weighted by molar-refractivity contribution is 0.562. The molecule has 14 heavy (non-hydrogen) atoms. The van der Waals surface area contributed by atoms with Gasteiger partial charge in [-0.3, -0.25) is 9.38 Å². The molecule has 0 aliphatic rings. The van der Waals surface area contributed by atoms with Crippen molar-refractivity contribution in [2.75, 3.05) is 0 Å². The minimum Gasteiger partial charge on any atom is -0.286 e. The molecule has 2 aromatic rings. The lowest BCUT2D eigenvalue weighted by Crippen LogP contribution is -2.15. The van der Waals surface area contributed by atoms with E-state index >= 15 is 0 Å². The summed E-state index contributed by atoms with van der Waals surface area (Å²) in [6.45, 7) is 8.39. The summed E-state index contributed by atoms with van der Waals surface area (Å²) in [6, 6.07) is 0. The molecule has 2 heterocycles. The van der Waals surface area contributed by atoms with Crippen LogP contribution in [0.5, 0.6) is 0 Å². The van der Waals surface area contributed by atoms with Crippen molar-refractivity contribution in [2.24, 2.45) is 0 Å². The first-order chi connectivity index (χ1) is 6.48. The van der Waals surface area contributed by atoms with Crippen molar-refractivity contribution in [3.63, 3.8) is 0 Å². The molecule has 0 radical (unpaired) electrons. The highest BCUT2D eigenvalue weighted by molar-refractivity contribution is 5.42. The second-order valence-electron chi connectivity index (χ2n) is 4.52. The van der Waals surface area contributed by atoms with E-state index < -0.39 is 0 Å². The Hall–Kier alpha value is -1.45. The quantitative estimate of drug-likeness (QED) is 0.635. The zero-order valence-electron chi connectivity index (χ0n) is 8.94. The van der Waals surface area contributed by atoms with Crippen LogP contribution in [-0.2, 0) is 5.41 Å². The Morgan fingerprint density at radius 1 is 1.29 bits per heavy atom. The number of hydrogen-bond acceptors (Lipinski definition) is 3. The summed E-state index contributed by atoms with van der Waals surface area (Å²) in [5.74, 6) is 0. The summed E-state index contributed by atoms with van der Waals surface area (Å²) in [7, 11) is 0. The molecule has 0 fully saturated rings. The van der Waals surface area contributed by atoms with Crippen LogP contribution in [0.15, 0.2) is 12.5 Å². The molecular weight excluding hydrogens is 176 g/mol. The van der Waals surface area contributed by atoms with Crippen LogP contribution in [-0.4, -0.2) is 19.6 Å². The molecule has 0 saturated heterocycles. The van der Waals surface area contributed by atoms with Crippen LogP contribution >= 0.6 is 0 Å². The molecule has 0 spiro atoms. The highest BCUT2D eigenvalue weighted by Gasteiger charge is 2.17. The maximum absolute atomic E-state index is 4.52. The molecular formula is C10H14N4. The predicted octanol–water partition coefficient (Wildman–Crippen LogP) is 1.73. The van der Waals surface area contributed by atoms with Crippen LogP contribution in [0.3, 0.4) is 0 Å². The Morgan fingerprint density at radius 2 is 2.00 bits per heavy atom. The number of rotatable bonds is 0. The number of fused-ring (bicyclic) bond motifs is 1. The molecule has 0 atom stereocenters. The first-order valence-corrected chi connectivity index (χ1v) is 4.66. The van der Waals surface area contributed by atoms with Crippen molar-refractivity contribution in [1.29, 1.82) is 0 Å². The van der Waals surface area contributed by atoms with Gasteiger partial charge in [0, 0.05) is 11.6 Å². The van der Waals surface area contributed by atoms with Crippen LogP contribution in [0, 0.1) is 6.92 Å². The summed E-state index contributed by atoms with van der Waals surface area (Å²) in [4.78, 5) is 4.52. The van der Waals surface area contributed by atoms with Crippen molar-refractivity contribution >= 4 is 5.65 Å². The first kappa shape index (κ1) is 9.12. The van der Waals surface area contributed by atoms with Gasteiger partial charge in [0.05, 0.1) is 11.4 Å². The molecule has 4 heteroatoms. The van der Waals surface area contributed by atoms with Crippen LogP contribution in [0.2, 0.25) is 0 Å². The van der Waals surface area contributed by atoms with Gasteiger partial charge in [0.2, 0.25) is 0 Å². The summed E-state index contributed by atoms with van der Waals surface area (Å²) >= 11 is 0. The molecule has 0 aliphatic carbocycles. The minimum absolute atomic E-state index is 0.0587. The van der Waals surface area contributed by atoms with E-state index in [-0.39, 0.29) is 5.41 Å². The second kappa shape index (κ2) is 2.77. The van der Waals surface area contributed by atoms with Gasteiger partial charge in [0.15, 0.2) is 5.65 Å². The van der Waals surface area contributed by atoms with Crippen LogP contribution in [0.25, 0.3) is 5.65 Å². The van der Waals surface area contributed by atoms with Gasteiger partial charge in [-0.15, -0.1) is 10.2 Å². The van der Waals surface area contributed by atoms with Gasteiger partial charge < -0.3 is 0 Å². The lowest BCUT2D eigenvalue weighted by Gasteiger charge is -2.18. The number of nitrogens with zero attached hydrogens (tertiary/aromatic N) is 4. The van der Waals surface area contributed by atoms with Crippen LogP contribution < -0.4 is 0 Å². The predicted molar refractivity (Wildman–Crippen MR) is 54.2 cm³/mol. The molecule has 0 bridgehead atoms. The molecule has 0 amide bonds. The summed E-state index contributed by atoms with van der Waals surface area (Å²) < 4.78 is 1.92. The Morgan fingerprint density at radius 3 is 2.64 bits per heavy atom. The van der Waals surface area contributed by atoms with Crippen molar-refractivity contribution in [3.05, 3.63) is 23.9 Å². The fourth-order valence-electron chi connectivity index (χ4n) is 1.35. The van der Waals surface area contributed by atoms with Gasteiger partial charge in [0.25, 0.3) is 0 Å².